The summed E-state index contributed by atoms with van der Waals surface area (Å²) in [7, 11) is 0. The zero-order valence-electron chi connectivity index (χ0n) is 21.9. The number of rotatable bonds is 5. The van der Waals surface area contributed by atoms with E-state index in [1.54, 1.807) is 0 Å². The second-order valence-corrected chi connectivity index (χ2v) is 11.1. The van der Waals surface area contributed by atoms with Gasteiger partial charge >= 0.3 is 12.2 Å². The highest BCUT2D eigenvalue weighted by Crippen LogP contribution is 2.37. The Labute approximate surface area is 208 Å². The molecule has 1 aliphatic rings. The van der Waals surface area contributed by atoms with Gasteiger partial charge in [-0.2, -0.15) is 4.99 Å². The smallest absolute Gasteiger partial charge is 0.434 e. The van der Waals surface area contributed by atoms with E-state index in [1.807, 2.05) is 48.5 Å². The number of aliphatic imine (C=N–C) groups is 1. The number of nitrogens with zero attached hydrogens (tertiary/aromatic N) is 1. The Balaban J connectivity index is 1.65. The van der Waals surface area contributed by atoms with E-state index in [4.69, 9.17) is 9.47 Å². The van der Waals surface area contributed by atoms with Crippen LogP contribution in [0.2, 0.25) is 0 Å². The number of benzene rings is 2. The summed E-state index contributed by atoms with van der Waals surface area (Å²) in [5, 5.41) is 2.72. The molecule has 0 aromatic heterocycles. The van der Waals surface area contributed by atoms with Gasteiger partial charge in [0.1, 0.15) is 11.2 Å². The SMILES string of the molecule is C=C(Cc1ccc2c(c1)Cc1cc(C/C(C)=N\C(=O)OC(C)(C)C)ccc1-2)NC(=O)OC(C)(C)C. The van der Waals surface area contributed by atoms with Crippen LogP contribution in [0, 0.1) is 0 Å². The van der Waals surface area contributed by atoms with Crippen LogP contribution in [-0.2, 0) is 28.7 Å². The van der Waals surface area contributed by atoms with Crippen molar-refractivity contribution >= 4 is 17.9 Å². The van der Waals surface area contributed by atoms with Crippen LogP contribution >= 0.6 is 0 Å². The molecule has 2 aromatic rings. The lowest BCUT2D eigenvalue weighted by atomic mass is 10.00. The normalized spacial score (nSPS) is 13.1. The van der Waals surface area contributed by atoms with Gasteiger partial charge in [0, 0.05) is 24.3 Å². The topological polar surface area (TPSA) is 77.0 Å². The van der Waals surface area contributed by atoms with Crippen LogP contribution in [0.15, 0.2) is 53.7 Å². The maximum absolute atomic E-state index is 12.0. The first-order valence-electron chi connectivity index (χ1n) is 11.9. The summed E-state index contributed by atoms with van der Waals surface area (Å²) < 4.78 is 10.6. The molecule has 1 aliphatic carbocycles. The standard InChI is InChI=1S/C29H36N2O4/c1-18(30-26(32)34-28(3,4)5)13-20-9-11-24-22(15-20)17-23-16-21(10-12-25(23)24)14-19(2)31-27(33)35-29(6,7)8/h9-12,15-16H,1,13-14,17H2,2-8H3,(H,30,32)/b31-19-. The number of hydrogen-bond acceptors (Lipinski definition) is 4. The summed E-state index contributed by atoms with van der Waals surface area (Å²) in [6.07, 6.45) is 0.909. The fraction of sp³-hybridized carbons (Fsp3) is 0.414. The molecule has 1 N–H and O–H groups in total. The van der Waals surface area contributed by atoms with Gasteiger partial charge in [-0.05, 0) is 88.3 Å². The molecule has 6 nitrogen and oxygen atoms in total. The highest BCUT2D eigenvalue weighted by atomic mass is 16.6. The lowest BCUT2D eigenvalue weighted by Gasteiger charge is -2.20. The van der Waals surface area contributed by atoms with Crippen LogP contribution in [0.3, 0.4) is 0 Å². The molecule has 0 aliphatic heterocycles. The fourth-order valence-corrected chi connectivity index (χ4v) is 4.05. The van der Waals surface area contributed by atoms with Crippen LogP contribution in [0.1, 0.15) is 70.7 Å². The molecule has 2 amide bonds. The van der Waals surface area contributed by atoms with Crippen molar-refractivity contribution in [3.63, 3.8) is 0 Å². The summed E-state index contributed by atoms with van der Waals surface area (Å²) in [6.45, 7) is 16.8. The molecule has 0 spiro atoms. The van der Waals surface area contributed by atoms with Crippen LogP contribution < -0.4 is 5.32 Å². The molecule has 0 bridgehead atoms. The zero-order chi connectivity index (χ0) is 26.0. The second-order valence-electron chi connectivity index (χ2n) is 11.1. The van der Waals surface area contributed by atoms with Crippen molar-refractivity contribution in [1.82, 2.24) is 5.32 Å². The molecular weight excluding hydrogens is 440 g/mol. The third-order valence-electron chi connectivity index (χ3n) is 5.24. The number of carbonyl (C=O) groups is 2. The summed E-state index contributed by atoms with van der Waals surface area (Å²) in [6, 6.07) is 12.8. The van der Waals surface area contributed by atoms with Gasteiger partial charge in [-0.3, -0.25) is 5.32 Å². The predicted octanol–water partition coefficient (Wildman–Crippen LogP) is 6.78. The highest BCUT2D eigenvalue weighted by molar-refractivity contribution is 5.93. The Morgan fingerprint density at radius 1 is 0.886 bits per heavy atom. The lowest BCUT2D eigenvalue weighted by molar-refractivity contribution is 0.0543. The predicted molar refractivity (Wildman–Crippen MR) is 140 cm³/mol. The van der Waals surface area contributed by atoms with E-state index in [0.717, 1.165) is 17.5 Å². The number of fused-ring (bicyclic) bond motifs is 3. The van der Waals surface area contributed by atoms with Gasteiger partial charge in [0.05, 0.1) is 0 Å². The first kappa shape index (κ1) is 26.2. The zero-order valence-corrected chi connectivity index (χ0v) is 21.9. The number of amides is 2. The Morgan fingerprint density at radius 2 is 1.40 bits per heavy atom. The number of hydrogen-bond donors (Lipinski definition) is 1. The molecule has 0 heterocycles. The molecule has 0 unspecified atom stereocenters. The van der Waals surface area contributed by atoms with E-state index in [9.17, 15) is 9.59 Å². The van der Waals surface area contributed by atoms with Gasteiger partial charge in [-0.15, -0.1) is 0 Å². The quantitative estimate of drug-likeness (QED) is 0.412. The largest absolute Gasteiger partial charge is 0.444 e. The molecule has 0 radical (unpaired) electrons. The Kier molecular flexibility index (Phi) is 7.53. The van der Waals surface area contributed by atoms with E-state index in [2.05, 4.69) is 53.3 Å². The van der Waals surface area contributed by atoms with E-state index in [1.165, 1.54) is 22.3 Å². The van der Waals surface area contributed by atoms with Crippen molar-refractivity contribution < 1.29 is 19.1 Å². The Morgan fingerprint density at radius 3 is 1.91 bits per heavy atom. The van der Waals surface area contributed by atoms with Crippen molar-refractivity contribution in [3.8, 4) is 11.1 Å². The molecule has 0 saturated heterocycles. The van der Waals surface area contributed by atoms with Crippen molar-refractivity contribution in [2.24, 2.45) is 4.99 Å². The van der Waals surface area contributed by atoms with E-state index in [-0.39, 0.29) is 0 Å². The van der Waals surface area contributed by atoms with Gasteiger partial charge in [0.15, 0.2) is 0 Å². The van der Waals surface area contributed by atoms with Gasteiger partial charge in [0.25, 0.3) is 0 Å². The van der Waals surface area contributed by atoms with Crippen LogP contribution in [-0.4, -0.2) is 29.1 Å². The Hall–Kier alpha value is -3.41. The first-order valence-corrected chi connectivity index (χ1v) is 11.9. The minimum Gasteiger partial charge on any atom is -0.444 e. The minimum absolute atomic E-state index is 0.492. The van der Waals surface area contributed by atoms with Crippen LogP contribution in [0.25, 0.3) is 11.1 Å². The van der Waals surface area contributed by atoms with Crippen LogP contribution in [0.5, 0.6) is 0 Å². The molecule has 0 atom stereocenters. The third kappa shape index (κ3) is 7.81. The molecule has 0 saturated carbocycles. The average molecular weight is 477 g/mol. The van der Waals surface area contributed by atoms with Crippen molar-refractivity contribution in [3.05, 3.63) is 70.9 Å². The highest BCUT2D eigenvalue weighted by Gasteiger charge is 2.21. The summed E-state index contributed by atoms with van der Waals surface area (Å²) >= 11 is 0. The average Bonchev–Trinajstić information content (AvgIpc) is 3.01. The molecule has 35 heavy (non-hydrogen) atoms. The number of allylic oxidation sites excluding steroid dienone is 1. The molecule has 2 aromatic carbocycles. The van der Waals surface area contributed by atoms with Crippen molar-refractivity contribution in [2.45, 2.75) is 78.9 Å². The van der Waals surface area contributed by atoms with Gasteiger partial charge < -0.3 is 9.47 Å². The summed E-state index contributed by atoms with van der Waals surface area (Å²) in [5.41, 5.74) is 7.34. The van der Waals surface area contributed by atoms with E-state index < -0.39 is 23.4 Å². The first-order chi connectivity index (χ1) is 16.2. The third-order valence-corrected chi connectivity index (χ3v) is 5.24. The van der Waals surface area contributed by atoms with E-state index >= 15 is 0 Å². The molecule has 0 fully saturated rings. The number of nitrogens with one attached hydrogen (secondary N) is 1. The van der Waals surface area contributed by atoms with Gasteiger partial charge in [0.2, 0.25) is 0 Å². The molecule has 6 heteroatoms. The van der Waals surface area contributed by atoms with Crippen LogP contribution in [0.4, 0.5) is 9.59 Å². The molecule has 3 rings (SSSR count). The van der Waals surface area contributed by atoms with E-state index in [0.29, 0.717) is 24.3 Å². The lowest BCUT2D eigenvalue weighted by Crippen LogP contribution is -2.32. The maximum atomic E-state index is 12.0. The Bertz CT molecular complexity index is 1180. The molecular formula is C29H36N2O4. The molecule has 186 valence electrons. The second kappa shape index (κ2) is 10.1. The number of carbonyl (C=O) groups excluding carboxylic acids is 2. The summed E-state index contributed by atoms with van der Waals surface area (Å²) in [4.78, 5) is 28.1. The fourth-order valence-electron chi connectivity index (χ4n) is 4.05. The number of alkyl carbamates (subject to hydrolysis) is 1. The number of ether oxygens (including phenoxy) is 2. The monoisotopic (exact) mass is 476 g/mol. The maximum Gasteiger partial charge on any atom is 0.434 e. The summed E-state index contributed by atoms with van der Waals surface area (Å²) in [5.74, 6) is 0. The van der Waals surface area contributed by atoms with Crippen molar-refractivity contribution in [1.29, 1.82) is 0 Å². The van der Waals surface area contributed by atoms with Gasteiger partial charge in [-0.1, -0.05) is 43.0 Å². The van der Waals surface area contributed by atoms with Crippen molar-refractivity contribution in [2.75, 3.05) is 0 Å². The minimum atomic E-state index is -0.558. The van der Waals surface area contributed by atoms with Gasteiger partial charge in [-0.25, -0.2) is 9.59 Å².